The summed E-state index contributed by atoms with van der Waals surface area (Å²) in [5.41, 5.74) is 4.88. The zero-order chi connectivity index (χ0) is 25.1. The van der Waals surface area contributed by atoms with Gasteiger partial charge in [-0.3, -0.25) is 14.2 Å². The number of hydrogen-bond acceptors (Lipinski definition) is 4. The topological polar surface area (TPSA) is 100 Å². The fourth-order valence-electron chi connectivity index (χ4n) is 4.86. The number of carbonyl (C=O) groups excluding carboxylic acids is 2. The minimum absolute atomic E-state index is 0.0258. The Morgan fingerprint density at radius 3 is 2.33 bits per heavy atom. The van der Waals surface area contributed by atoms with Crippen molar-refractivity contribution in [2.24, 2.45) is 0 Å². The number of carbonyl (C=O) groups is 3. The van der Waals surface area contributed by atoms with Gasteiger partial charge in [-0.25, -0.2) is 4.79 Å². The van der Waals surface area contributed by atoms with Gasteiger partial charge in [-0.05, 0) is 47.9 Å². The second-order valence-electron chi connectivity index (χ2n) is 9.03. The van der Waals surface area contributed by atoms with Crippen LogP contribution in [0.4, 0.5) is 0 Å². The van der Waals surface area contributed by atoms with Gasteiger partial charge >= 0.3 is 5.97 Å². The van der Waals surface area contributed by atoms with Crippen molar-refractivity contribution in [3.05, 3.63) is 107 Å². The molecule has 0 saturated carbocycles. The highest BCUT2D eigenvalue weighted by molar-refractivity contribution is 6.03. The van der Waals surface area contributed by atoms with Gasteiger partial charge in [-0.2, -0.15) is 0 Å². The van der Waals surface area contributed by atoms with Crippen LogP contribution in [0, 0.1) is 0 Å². The lowest BCUT2D eigenvalue weighted by Crippen LogP contribution is -2.42. The molecular formula is C29H27N3O4. The van der Waals surface area contributed by atoms with Crippen molar-refractivity contribution in [3.63, 3.8) is 0 Å². The predicted octanol–water partition coefficient (Wildman–Crippen LogP) is 3.60. The van der Waals surface area contributed by atoms with Crippen molar-refractivity contribution >= 4 is 28.7 Å². The number of aliphatic carboxylic acids is 1. The number of amides is 1. The summed E-state index contributed by atoms with van der Waals surface area (Å²) in [6.07, 6.45) is 1.21. The van der Waals surface area contributed by atoms with Crippen LogP contribution in [0.15, 0.2) is 78.9 Å². The average molecular weight is 482 g/mol. The fraction of sp³-hybridized carbons (Fsp3) is 0.207. The van der Waals surface area contributed by atoms with Crippen molar-refractivity contribution in [1.29, 1.82) is 0 Å². The Kier molecular flexibility index (Phi) is 6.64. The molecule has 0 bridgehead atoms. The highest BCUT2D eigenvalue weighted by atomic mass is 16.4. The molecule has 0 fully saturated rings. The molecule has 0 saturated heterocycles. The molecule has 0 spiro atoms. The summed E-state index contributed by atoms with van der Waals surface area (Å²) < 4.78 is 1.76. The van der Waals surface area contributed by atoms with Gasteiger partial charge in [0, 0.05) is 29.6 Å². The first-order valence-electron chi connectivity index (χ1n) is 12.0. The summed E-state index contributed by atoms with van der Waals surface area (Å²) in [6.45, 7) is 1.36. The molecule has 7 heteroatoms. The number of rotatable bonds is 7. The smallest absolute Gasteiger partial charge is 0.326 e. The van der Waals surface area contributed by atoms with Crippen LogP contribution in [-0.4, -0.2) is 40.0 Å². The van der Waals surface area contributed by atoms with Gasteiger partial charge in [-0.1, -0.05) is 60.7 Å². The zero-order valence-corrected chi connectivity index (χ0v) is 19.7. The SMILES string of the molecule is O=C(NC(Cc1ccccc1)C(=O)O)c1ccc2c(c1)c1c(n2C(=O)Cc2ccccc2)CNCC1. The largest absolute Gasteiger partial charge is 0.480 e. The highest BCUT2D eigenvalue weighted by Gasteiger charge is 2.26. The lowest BCUT2D eigenvalue weighted by Gasteiger charge is -2.16. The lowest BCUT2D eigenvalue weighted by molar-refractivity contribution is -0.139. The Hall–Kier alpha value is -4.23. The van der Waals surface area contributed by atoms with Crippen molar-refractivity contribution in [2.45, 2.75) is 31.8 Å². The predicted molar refractivity (Wildman–Crippen MR) is 137 cm³/mol. The van der Waals surface area contributed by atoms with Crippen LogP contribution in [-0.2, 0) is 30.6 Å². The molecule has 7 nitrogen and oxygen atoms in total. The maximum absolute atomic E-state index is 13.4. The first-order valence-corrected chi connectivity index (χ1v) is 12.0. The number of carboxylic acid groups (broad SMARTS) is 1. The molecule has 0 aliphatic carbocycles. The molecule has 182 valence electrons. The van der Waals surface area contributed by atoms with Gasteiger partial charge < -0.3 is 15.7 Å². The minimum Gasteiger partial charge on any atom is -0.480 e. The maximum atomic E-state index is 13.4. The van der Waals surface area contributed by atoms with Gasteiger partial charge in [-0.15, -0.1) is 0 Å². The van der Waals surface area contributed by atoms with Gasteiger partial charge in [0.15, 0.2) is 0 Å². The quantitative estimate of drug-likeness (QED) is 0.375. The highest BCUT2D eigenvalue weighted by Crippen LogP contribution is 2.30. The number of benzene rings is 3. The van der Waals surface area contributed by atoms with Crippen LogP contribution in [0.5, 0.6) is 0 Å². The number of nitrogens with one attached hydrogen (secondary N) is 2. The molecule has 1 aromatic heterocycles. The Labute approximate surface area is 208 Å². The molecule has 5 rings (SSSR count). The second kappa shape index (κ2) is 10.2. The van der Waals surface area contributed by atoms with Gasteiger partial charge in [0.1, 0.15) is 6.04 Å². The molecule has 3 N–H and O–H groups in total. The fourth-order valence-corrected chi connectivity index (χ4v) is 4.86. The molecule has 1 unspecified atom stereocenters. The van der Waals surface area contributed by atoms with E-state index in [1.165, 1.54) is 0 Å². The van der Waals surface area contributed by atoms with Crippen LogP contribution in [0.25, 0.3) is 10.9 Å². The van der Waals surface area contributed by atoms with Gasteiger partial charge in [0.2, 0.25) is 5.91 Å². The summed E-state index contributed by atoms with van der Waals surface area (Å²) in [4.78, 5) is 38.3. The van der Waals surface area contributed by atoms with Crippen LogP contribution in [0.3, 0.4) is 0 Å². The van der Waals surface area contributed by atoms with E-state index in [2.05, 4.69) is 10.6 Å². The van der Waals surface area contributed by atoms with Gasteiger partial charge in [0.05, 0.1) is 11.9 Å². The van der Waals surface area contributed by atoms with Gasteiger partial charge in [0.25, 0.3) is 5.91 Å². The molecule has 3 aromatic carbocycles. The number of fused-ring (bicyclic) bond motifs is 3. The van der Waals surface area contributed by atoms with Crippen LogP contribution >= 0.6 is 0 Å². The van der Waals surface area contributed by atoms with Crippen molar-refractivity contribution in [2.75, 3.05) is 6.54 Å². The summed E-state index contributed by atoms with van der Waals surface area (Å²) >= 11 is 0. The van der Waals surface area contributed by atoms with Crippen LogP contribution in [0.2, 0.25) is 0 Å². The van der Waals surface area contributed by atoms with E-state index in [9.17, 15) is 19.5 Å². The van der Waals surface area contributed by atoms with E-state index in [4.69, 9.17) is 0 Å². The Balaban J connectivity index is 1.45. The molecule has 0 radical (unpaired) electrons. The molecule has 1 aliphatic heterocycles. The van der Waals surface area contributed by atoms with Crippen LogP contribution < -0.4 is 10.6 Å². The number of aromatic nitrogens is 1. The van der Waals surface area contributed by atoms with E-state index in [1.807, 2.05) is 60.7 Å². The molecular weight excluding hydrogens is 454 g/mol. The summed E-state index contributed by atoms with van der Waals surface area (Å²) in [7, 11) is 0. The first-order chi connectivity index (χ1) is 17.5. The third-order valence-corrected chi connectivity index (χ3v) is 6.62. The van der Waals surface area contributed by atoms with Crippen molar-refractivity contribution < 1.29 is 19.5 Å². The normalized spacial score (nSPS) is 13.7. The molecule has 36 heavy (non-hydrogen) atoms. The molecule has 1 amide bonds. The maximum Gasteiger partial charge on any atom is 0.326 e. The standard InChI is InChI=1S/C29H27N3O4/c33-27(16-20-9-5-2-6-10-20)32-25-12-11-21(17-23(25)22-13-14-30-18-26(22)32)28(34)31-24(29(35)36)15-19-7-3-1-4-8-19/h1-12,17,24,30H,13-16,18H2,(H,31,34)(H,35,36). The van der Waals surface area contributed by atoms with Crippen molar-refractivity contribution in [3.8, 4) is 0 Å². The summed E-state index contributed by atoms with van der Waals surface area (Å²) in [5.74, 6) is -1.57. The zero-order valence-electron chi connectivity index (χ0n) is 19.7. The average Bonchev–Trinajstić information content (AvgIpc) is 3.23. The number of carboxylic acids is 1. The summed E-state index contributed by atoms with van der Waals surface area (Å²) in [5, 5.41) is 16.5. The monoisotopic (exact) mass is 481 g/mol. The summed E-state index contributed by atoms with van der Waals surface area (Å²) in [6, 6.07) is 23.0. The minimum atomic E-state index is -1.09. The third-order valence-electron chi connectivity index (χ3n) is 6.62. The molecule has 4 aromatic rings. The second-order valence-corrected chi connectivity index (χ2v) is 9.03. The lowest BCUT2D eigenvalue weighted by atomic mass is 10.0. The Morgan fingerprint density at radius 2 is 1.64 bits per heavy atom. The molecule has 2 heterocycles. The number of hydrogen-bond donors (Lipinski definition) is 3. The Morgan fingerprint density at radius 1 is 0.944 bits per heavy atom. The van der Waals surface area contributed by atoms with Crippen molar-refractivity contribution in [1.82, 2.24) is 15.2 Å². The first kappa shape index (κ1) is 23.5. The van der Waals surface area contributed by atoms with E-state index >= 15 is 0 Å². The van der Waals surface area contributed by atoms with E-state index in [-0.39, 0.29) is 18.7 Å². The Bertz CT molecular complexity index is 1430. The number of nitrogens with zero attached hydrogens (tertiary/aromatic N) is 1. The van der Waals surface area contributed by atoms with E-state index in [0.29, 0.717) is 12.1 Å². The van der Waals surface area contributed by atoms with E-state index in [0.717, 1.165) is 46.3 Å². The van der Waals surface area contributed by atoms with E-state index < -0.39 is 17.9 Å². The van der Waals surface area contributed by atoms with Crippen LogP contribution in [0.1, 0.15) is 37.5 Å². The van der Waals surface area contributed by atoms with E-state index in [1.54, 1.807) is 22.8 Å². The molecule has 1 aliphatic rings. The third kappa shape index (κ3) is 4.78. The molecule has 1 atom stereocenters.